The smallest absolute Gasteiger partial charge is 0.169 e. The molecule has 3 rings (SSSR count). The number of fused-ring (bicyclic) bond motifs is 1. The van der Waals surface area contributed by atoms with Crippen LogP contribution >= 0.6 is 11.3 Å². The summed E-state index contributed by atoms with van der Waals surface area (Å²) >= 11 is 1.59. The molecule has 0 bridgehead atoms. The topological polar surface area (TPSA) is 12.9 Å². The third-order valence-electron chi connectivity index (χ3n) is 2.51. The van der Waals surface area contributed by atoms with Crippen molar-refractivity contribution in [1.82, 2.24) is 4.98 Å². The van der Waals surface area contributed by atoms with E-state index >= 15 is 0 Å². The first-order chi connectivity index (χ1) is 9.42. The van der Waals surface area contributed by atoms with Crippen LogP contribution in [0.25, 0.3) is 10.2 Å². The van der Waals surface area contributed by atoms with Gasteiger partial charge in [-0.2, -0.15) is 0 Å². The molecule has 0 radical (unpaired) electrons. The number of benzene rings is 2. The van der Waals surface area contributed by atoms with E-state index in [9.17, 15) is 0 Å². The van der Waals surface area contributed by atoms with E-state index in [4.69, 9.17) is 0 Å². The van der Waals surface area contributed by atoms with Crippen molar-refractivity contribution in [2.24, 2.45) is 0 Å². The standard InChI is InChI=1S/C17H9NS/c1-2-8-14(9-3-1)10-4-7-13-17-18-15-11-5-6-12-16(15)19-17/h1-3,5-6,8-9,11-12H. The summed E-state index contributed by atoms with van der Waals surface area (Å²) in [6.45, 7) is 0. The van der Waals surface area contributed by atoms with Gasteiger partial charge in [0, 0.05) is 5.56 Å². The molecule has 1 heterocycles. The largest absolute Gasteiger partial charge is 0.228 e. The second-order valence-electron chi connectivity index (χ2n) is 3.85. The third kappa shape index (κ3) is 2.83. The van der Waals surface area contributed by atoms with Gasteiger partial charge in [-0.25, -0.2) is 4.98 Å². The Kier molecular flexibility index (Phi) is 3.28. The summed E-state index contributed by atoms with van der Waals surface area (Å²) in [5.41, 5.74) is 1.97. The molecule has 0 unspecified atom stereocenters. The van der Waals surface area contributed by atoms with E-state index in [1.54, 1.807) is 11.3 Å². The maximum absolute atomic E-state index is 4.43. The number of hydrogen-bond donors (Lipinski definition) is 0. The van der Waals surface area contributed by atoms with Crippen LogP contribution in [0.3, 0.4) is 0 Å². The molecule has 19 heavy (non-hydrogen) atoms. The maximum atomic E-state index is 4.43. The lowest BCUT2D eigenvalue weighted by molar-refractivity contribution is 1.45. The third-order valence-corrected chi connectivity index (χ3v) is 3.46. The predicted octanol–water partition coefficient (Wildman–Crippen LogP) is 3.70. The summed E-state index contributed by atoms with van der Waals surface area (Å²) in [5, 5.41) is 0.809. The average Bonchev–Trinajstić information content (AvgIpc) is 2.87. The molecule has 0 N–H and O–H groups in total. The summed E-state index contributed by atoms with van der Waals surface area (Å²) in [7, 11) is 0. The number of thiazole rings is 1. The highest BCUT2D eigenvalue weighted by atomic mass is 32.1. The normalized spacial score (nSPS) is 9.26. The molecular weight excluding hydrogens is 250 g/mol. The second-order valence-corrected chi connectivity index (χ2v) is 4.88. The van der Waals surface area contributed by atoms with E-state index in [1.165, 1.54) is 0 Å². The van der Waals surface area contributed by atoms with Gasteiger partial charge in [0.1, 0.15) is 0 Å². The number of aromatic nitrogens is 1. The van der Waals surface area contributed by atoms with Crippen LogP contribution in [0.2, 0.25) is 0 Å². The molecule has 2 aromatic carbocycles. The van der Waals surface area contributed by atoms with Crippen LogP contribution in [-0.4, -0.2) is 4.98 Å². The highest BCUT2D eigenvalue weighted by Crippen LogP contribution is 2.20. The molecule has 1 aromatic heterocycles. The molecule has 0 atom stereocenters. The zero-order chi connectivity index (χ0) is 12.9. The van der Waals surface area contributed by atoms with Gasteiger partial charge in [-0.15, -0.1) is 11.3 Å². The zero-order valence-corrected chi connectivity index (χ0v) is 10.9. The maximum Gasteiger partial charge on any atom is 0.169 e. The SMILES string of the molecule is C(C#Cc1nc2ccccc2s1)#Cc1ccccc1. The minimum Gasteiger partial charge on any atom is -0.228 e. The molecule has 2 heteroatoms. The van der Waals surface area contributed by atoms with Gasteiger partial charge in [0.15, 0.2) is 5.01 Å². The first-order valence-electron chi connectivity index (χ1n) is 5.84. The van der Waals surface area contributed by atoms with Crippen LogP contribution < -0.4 is 0 Å². The van der Waals surface area contributed by atoms with E-state index in [0.717, 1.165) is 20.8 Å². The lowest BCUT2D eigenvalue weighted by Gasteiger charge is -1.83. The Morgan fingerprint density at radius 1 is 0.789 bits per heavy atom. The highest BCUT2D eigenvalue weighted by molar-refractivity contribution is 7.19. The Morgan fingerprint density at radius 3 is 2.37 bits per heavy atom. The lowest BCUT2D eigenvalue weighted by atomic mass is 10.2. The van der Waals surface area contributed by atoms with Gasteiger partial charge in [0.25, 0.3) is 0 Å². The molecule has 0 aliphatic heterocycles. The van der Waals surface area contributed by atoms with Crippen molar-refractivity contribution in [2.45, 2.75) is 0 Å². The summed E-state index contributed by atoms with van der Waals surface area (Å²) in [5.74, 6) is 11.7. The van der Waals surface area contributed by atoms with Crippen molar-refractivity contribution in [2.75, 3.05) is 0 Å². The van der Waals surface area contributed by atoms with Gasteiger partial charge in [0.05, 0.1) is 10.2 Å². The quantitative estimate of drug-likeness (QED) is 0.561. The van der Waals surface area contributed by atoms with E-state index < -0.39 is 0 Å². The Labute approximate surface area is 115 Å². The van der Waals surface area contributed by atoms with Crippen LogP contribution in [0.15, 0.2) is 54.6 Å². The molecule has 88 valence electrons. The van der Waals surface area contributed by atoms with Crippen molar-refractivity contribution in [1.29, 1.82) is 0 Å². The fourth-order valence-corrected chi connectivity index (χ4v) is 2.45. The summed E-state index contributed by atoms with van der Waals surface area (Å²) in [4.78, 5) is 4.43. The monoisotopic (exact) mass is 259 g/mol. The van der Waals surface area contributed by atoms with Crippen molar-refractivity contribution in [3.8, 4) is 23.7 Å². The van der Waals surface area contributed by atoms with Crippen LogP contribution in [0.4, 0.5) is 0 Å². The number of nitrogens with zero attached hydrogens (tertiary/aromatic N) is 1. The minimum absolute atomic E-state index is 0.809. The Bertz CT molecular complexity index is 790. The molecule has 3 aromatic rings. The van der Waals surface area contributed by atoms with E-state index in [1.807, 2.05) is 54.6 Å². The molecule has 0 aliphatic rings. The van der Waals surface area contributed by atoms with Crippen molar-refractivity contribution < 1.29 is 0 Å². The van der Waals surface area contributed by atoms with Crippen LogP contribution in [0.1, 0.15) is 10.6 Å². The fourth-order valence-electron chi connectivity index (χ4n) is 1.64. The lowest BCUT2D eigenvalue weighted by Crippen LogP contribution is -1.70. The van der Waals surface area contributed by atoms with Crippen LogP contribution in [-0.2, 0) is 0 Å². The summed E-state index contributed by atoms with van der Waals surface area (Å²) < 4.78 is 1.16. The number of rotatable bonds is 0. The van der Waals surface area contributed by atoms with Crippen molar-refractivity contribution >= 4 is 21.6 Å². The molecule has 1 nitrogen and oxygen atoms in total. The van der Waals surface area contributed by atoms with Gasteiger partial charge >= 0.3 is 0 Å². The molecule has 0 saturated carbocycles. The van der Waals surface area contributed by atoms with E-state index in [2.05, 4.69) is 28.7 Å². The van der Waals surface area contributed by atoms with Gasteiger partial charge < -0.3 is 0 Å². The Hall–Kier alpha value is -2.55. The highest BCUT2D eigenvalue weighted by Gasteiger charge is 1.98. The van der Waals surface area contributed by atoms with Gasteiger partial charge in [-0.1, -0.05) is 36.3 Å². The Morgan fingerprint density at radius 2 is 1.53 bits per heavy atom. The molecule has 0 saturated heterocycles. The molecule has 0 fully saturated rings. The molecule has 0 spiro atoms. The number of para-hydroxylation sites is 1. The first-order valence-corrected chi connectivity index (χ1v) is 6.66. The van der Waals surface area contributed by atoms with E-state index in [0.29, 0.717) is 0 Å². The van der Waals surface area contributed by atoms with Gasteiger partial charge in [-0.05, 0) is 42.0 Å². The van der Waals surface area contributed by atoms with Gasteiger partial charge in [0.2, 0.25) is 0 Å². The van der Waals surface area contributed by atoms with Crippen LogP contribution in [0, 0.1) is 23.7 Å². The van der Waals surface area contributed by atoms with Crippen LogP contribution in [0.5, 0.6) is 0 Å². The Balaban J connectivity index is 1.83. The summed E-state index contributed by atoms with van der Waals surface area (Å²) in [6, 6.07) is 17.9. The minimum atomic E-state index is 0.809. The average molecular weight is 259 g/mol. The van der Waals surface area contributed by atoms with Crippen molar-refractivity contribution in [3.63, 3.8) is 0 Å². The van der Waals surface area contributed by atoms with E-state index in [-0.39, 0.29) is 0 Å². The fraction of sp³-hybridized carbons (Fsp3) is 0. The zero-order valence-electron chi connectivity index (χ0n) is 10.1. The first kappa shape index (κ1) is 11.5. The molecular formula is C17H9NS. The second kappa shape index (κ2) is 5.40. The molecule has 0 amide bonds. The van der Waals surface area contributed by atoms with Crippen molar-refractivity contribution in [3.05, 3.63) is 65.2 Å². The number of hydrogen-bond acceptors (Lipinski definition) is 2. The molecule has 0 aliphatic carbocycles. The summed E-state index contributed by atoms with van der Waals surface area (Å²) in [6.07, 6.45) is 0. The predicted molar refractivity (Wildman–Crippen MR) is 79.8 cm³/mol. The van der Waals surface area contributed by atoms with Gasteiger partial charge in [-0.3, -0.25) is 0 Å².